The van der Waals surface area contributed by atoms with Gasteiger partial charge in [-0.1, -0.05) is 0 Å². The van der Waals surface area contributed by atoms with Crippen molar-refractivity contribution in [2.75, 3.05) is 20.3 Å². The molecule has 17 nitrogen and oxygen atoms in total. The molecule has 0 aromatic heterocycles. The Morgan fingerprint density at radius 2 is 0.956 bits per heavy atom. The van der Waals surface area contributed by atoms with Crippen molar-refractivity contribution in [2.45, 2.75) is 108 Å². The maximum Gasteiger partial charge on any atom is 0.303 e. The van der Waals surface area contributed by atoms with Crippen LogP contribution in [0.1, 0.15) is 48.5 Å². The standard InChI is InChI=1S/C27H38O17S/c1-11(28)36-10-19-21(39-13(3)30)23(41-15(5)32)25(43-17(7)34)27(45-19)37-9-18-20(38-12(2)29)22(40-14(4)31)24(42-16(6)33)26(35-8)44-18/h18-27H,9-10H2,1-8H3/t18-,19-,20-,21-,22+,23+,24-,25-,26+,27+/m1/s1. The Morgan fingerprint density at radius 1 is 0.533 bits per heavy atom. The first-order valence-corrected chi connectivity index (χ1v) is 14.6. The lowest BCUT2D eigenvalue weighted by atomic mass is 9.98. The predicted octanol–water partition coefficient (Wildman–Crippen LogP) is -0.0309. The lowest BCUT2D eigenvalue weighted by Crippen LogP contribution is -2.63. The number of esters is 7. The molecule has 0 aliphatic carbocycles. The Labute approximate surface area is 263 Å². The van der Waals surface area contributed by atoms with Gasteiger partial charge in [-0.2, -0.15) is 0 Å². The van der Waals surface area contributed by atoms with Gasteiger partial charge in [-0.25, -0.2) is 0 Å². The summed E-state index contributed by atoms with van der Waals surface area (Å²) in [5.74, 6) is -5.36. The highest BCUT2D eigenvalue weighted by atomic mass is 32.2. The molecule has 2 fully saturated rings. The summed E-state index contributed by atoms with van der Waals surface area (Å²) >= 11 is 0.941. The van der Waals surface area contributed by atoms with Crippen LogP contribution < -0.4 is 0 Å². The number of carbonyl (C=O) groups excluding carboxylic acids is 7. The fourth-order valence-corrected chi connectivity index (χ4v) is 6.07. The number of hydrogen-bond donors (Lipinski definition) is 0. The second-order valence-electron chi connectivity index (χ2n) is 9.90. The summed E-state index contributed by atoms with van der Waals surface area (Å²) in [6.45, 7) is 7.00. The number of thioether (sulfide) groups is 1. The molecular formula is C27H38O17S. The molecule has 0 unspecified atom stereocenters. The van der Waals surface area contributed by atoms with Crippen LogP contribution in [-0.4, -0.2) is 122 Å². The summed E-state index contributed by atoms with van der Waals surface area (Å²) < 4.78 is 55.0. The molecule has 0 aromatic carbocycles. The molecule has 45 heavy (non-hydrogen) atoms. The van der Waals surface area contributed by atoms with Gasteiger partial charge in [0.2, 0.25) is 0 Å². The number of hydrogen-bond acceptors (Lipinski definition) is 18. The maximum absolute atomic E-state index is 12.2. The quantitative estimate of drug-likeness (QED) is 0.198. The summed E-state index contributed by atoms with van der Waals surface area (Å²) in [5, 5.41) is -0.885. The molecule has 0 bridgehead atoms. The van der Waals surface area contributed by atoms with Gasteiger partial charge in [0.05, 0.1) is 11.9 Å². The van der Waals surface area contributed by atoms with Gasteiger partial charge in [0.1, 0.15) is 18.1 Å². The minimum Gasteiger partial charge on any atom is -0.465 e. The van der Waals surface area contributed by atoms with E-state index in [-0.39, 0.29) is 6.61 Å². The number of ether oxygens (including phenoxy) is 10. The Balaban J connectivity index is 2.51. The summed E-state index contributed by atoms with van der Waals surface area (Å²) in [6, 6.07) is 0. The van der Waals surface area contributed by atoms with Crippen molar-refractivity contribution in [3.8, 4) is 0 Å². The molecule has 0 amide bonds. The second-order valence-corrected chi connectivity index (χ2v) is 11.2. The van der Waals surface area contributed by atoms with Crippen molar-refractivity contribution in [1.29, 1.82) is 0 Å². The first kappa shape index (κ1) is 37.7. The van der Waals surface area contributed by atoms with Gasteiger partial charge >= 0.3 is 41.8 Å². The van der Waals surface area contributed by atoms with E-state index in [1.54, 1.807) is 0 Å². The summed E-state index contributed by atoms with van der Waals surface area (Å²) in [6.07, 6.45) is -10.7. The summed E-state index contributed by atoms with van der Waals surface area (Å²) in [7, 11) is 1.24. The number of methoxy groups -OCH3 is 1. The Bertz CT molecular complexity index is 1110. The van der Waals surface area contributed by atoms with Crippen molar-refractivity contribution in [2.24, 2.45) is 0 Å². The van der Waals surface area contributed by atoms with E-state index in [4.69, 9.17) is 47.4 Å². The molecule has 2 heterocycles. The average molecular weight is 667 g/mol. The van der Waals surface area contributed by atoms with Gasteiger partial charge in [0, 0.05) is 55.6 Å². The topological polar surface area (TPSA) is 212 Å². The van der Waals surface area contributed by atoms with E-state index in [0.717, 1.165) is 60.2 Å². The SMILES string of the molecule is CO[C@H]1O[C@H](CO[C@H]2S[C@H](COC(C)=O)[C@@H](OC(C)=O)[C@H](OC(C)=O)[C@H]2OC(C)=O)[C@@H](OC(C)=O)[C@H](OC(C)=O)[C@H]1OC(C)=O. The largest absolute Gasteiger partial charge is 0.465 e. The lowest BCUT2D eigenvalue weighted by Gasteiger charge is -2.46. The van der Waals surface area contributed by atoms with Crippen molar-refractivity contribution in [1.82, 2.24) is 0 Å². The third kappa shape index (κ3) is 11.4. The third-order valence-electron chi connectivity index (χ3n) is 6.10. The molecule has 2 saturated heterocycles. The van der Waals surface area contributed by atoms with Gasteiger partial charge < -0.3 is 47.4 Å². The van der Waals surface area contributed by atoms with Crippen molar-refractivity contribution in [3.05, 3.63) is 0 Å². The highest BCUT2D eigenvalue weighted by molar-refractivity contribution is 8.00. The molecular weight excluding hydrogens is 628 g/mol. The molecule has 0 radical (unpaired) electrons. The zero-order chi connectivity index (χ0) is 34.0. The highest BCUT2D eigenvalue weighted by Gasteiger charge is 2.55. The third-order valence-corrected chi connectivity index (χ3v) is 7.53. The van der Waals surface area contributed by atoms with E-state index in [0.29, 0.717) is 0 Å². The van der Waals surface area contributed by atoms with Crippen LogP contribution >= 0.6 is 11.8 Å². The van der Waals surface area contributed by atoms with E-state index in [2.05, 4.69) is 0 Å². The Morgan fingerprint density at radius 3 is 1.42 bits per heavy atom. The zero-order valence-electron chi connectivity index (χ0n) is 26.0. The van der Waals surface area contributed by atoms with E-state index < -0.39 is 108 Å². The van der Waals surface area contributed by atoms with E-state index in [1.165, 1.54) is 7.11 Å². The fraction of sp³-hybridized carbons (Fsp3) is 0.741. The molecule has 0 aromatic rings. The van der Waals surface area contributed by atoms with E-state index >= 15 is 0 Å². The van der Waals surface area contributed by atoms with E-state index in [1.807, 2.05) is 0 Å². The fourth-order valence-electron chi connectivity index (χ4n) is 4.69. The summed E-state index contributed by atoms with van der Waals surface area (Å²) in [5.41, 5.74) is -1.19. The monoisotopic (exact) mass is 666 g/mol. The van der Waals surface area contributed by atoms with Crippen molar-refractivity contribution in [3.63, 3.8) is 0 Å². The van der Waals surface area contributed by atoms with Crippen LogP contribution in [0.25, 0.3) is 0 Å². The molecule has 10 atom stereocenters. The Kier molecular flexibility index (Phi) is 14.5. The highest BCUT2D eigenvalue weighted by Crippen LogP contribution is 2.39. The first-order valence-electron chi connectivity index (χ1n) is 13.7. The van der Waals surface area contributed by atoms with Crippen LogP contribution in [-0.2, 0) is 80.9 Å². The molecule has 2 aliphatic heterocycles. The minimum absolute atomic E-state index is 0.317. The smallest absolute Gasteiger partial charge is 0.303 e. The van der Waals surface area contributed by atoms with Crippen molar-refractivity contribution < 1.29 is 80.9 Å². The number of carbonyl (C=O) groups is 7. The molecule has 2 aliphatic rings. The molecule has 254 valence electrons. The second kappa shape index (κ2) is 17.3. The number of rotatable bonds is 12. The van der Waals surface area contributed by atoms with Gasteiger partial charge in [-0.15, -0.1) is 11.8 Å². The van der Waals surface area contributed by atoms with Gasteiger partial charge in [0.15, 0.2) is 42.9 Å². The van der Waals surface area contributed by atoms with Crippen LogP contribution in [0.3, 0.4) is 0 Å². The van der Waals surface area contributed by atoms with Gasteiger partial charge in [0.25, 0.3) is 0 Å². The molecule has 18 heteroatoms. The van der Waals surface area contributed by atoms with Gasteiger partial charge in [-0.3, -0.25) is 33.6 Å². The lowest BCUT2D eigenvalue weighted by molar-refractivity contribution is -0.305. The van der Waals surface area contributed by atoms with Crippen molar-refractivity contribution >= 4 is 53.5 Å². The summed E-state index contributed by atoms with van der Waals surface area (Å²) in [4.78, 5) is 83.8. The van der Waals surface area contributed by atoms with Crippen LogP contribution in [0.2, 0.25) is 0 Å². The molecule has 0 N–H and O–H groups in total. The van der Waals surface area contributed by atoms with Crippen LogP contribution in [0.15, 0.2) is 0 Å². The normalized spacial score (nSPS) is 31.0. The predicted molar refractivity (Wildman–Crippen MR) is 147 cm³/mol. The zero-order valence-corrected chi connectivity index (χ0v) is 26.9. The maximum atomic E-state index is 12.2. The molecule has 0 saturated carbocycles. The molecule has 0 spiro atoms. The van der Waals surface area contributed by atoms with E-state index in [9.17, 15) is 33.6 Å². The first-order chi connectivity index (χ1) is 21.0. The average Bonchev–Trinajstić information content (AvgIpc) is 2.90. The molecule has 2 rings (SSSR count). The van der Waals surface area contributed by atoms with Crippen LogP contribution in [0.5, 0.6) is 0 Å². The van der Waals surface area contributed by atoms with Gasteiger partial charge in [-0.05, 0) is 0 Å². The van der Waals surface area contributed by atoms with Crippen LogP contribution in [0, 0.1) is 0 Å². The minimum atomic E-state index is -1.41. The van der Waals surface area contributed by atoms with Crippen LogP contribution in [0.4, 0.5) is 0 Å². The Hall–Kier alpha value is -3.48.